The van der Waals surface area contributed by atoms with E-state index in [9.17, 15) is 4.79 Å². The zero-order valence-corrected chi connectivity index (χ0v) is 15.7. The summed E-state index contributed by atoms with van der Waals surface area (Å²) < 4.78 is 2.51. The van der Waals surface area contributed by atoms with E-state index < -0.39 is 0 Å². The minimum atomic E-state index is 0.0322. The Labute approximate surface area is 154 Å². The minimum Gasteiger partial charge on any atom is -0.301 e. The summed E-state index contributed by atoms with van der Waals surface area (Å²) in [4.78, 5) is 21.8. The Hall–Kier alpha value is -1.89. The average molecular weight is 370 g/mol. The van der Waals surface area contributed by atoms with Gasteiger partial charge in [0.15, 0.2) is 5.16 Å². The van der Waals surface area contributed by atoms with E-state index >= 15 is 0 Å². The summed E-state index contributed by atoms with van der Waals surface area (Å²) in [6.45, 7) is 5.70. The third kappa shape index (κ3) is 2.94. The molecule has 1 aliphatic rings. The number of thiophene rings is 1. The molecule has 0 saturated heterocycles. The summed E-state index contributed by atoms with van der Waals surface area (Å²) in [6.07, 6.45) is 2.80. The Balaban J connectivity index is 1.98. The minimum absolute atomic E-state index is 0.0322. The van der Waals surface area contributed by atoms with Crippen LogP contribution in [0.2, 0.25) is 0 Å². The average Bonchev–Trinajstić information content (AvgIpc) is 2.98. The van der Waals surface area contributed by atoms with E-state index in [4.69, 9.17) is 4.98 Å². The van der Waals surface area contributed by atoms with Crippen LogP contribution in [0.25, 0.3) is 15.9 Å². The molecule has 0 N–H and O–H groups in total. The standard InChI is InChI=1S/C19H19N3OS2/c1-3-11-24-19-20-16-14-9-10-21(2)12-15(14)25-17(16)18(23)22(19)13-7-5-4-6-8-13/h3-8H,1,9-12H2,2H3. The summed E-state index contributed by atoms with van der Waals surface area (Å²) >= 11 is 3.16. The van der Waals surface area contributed by atoms with Gasteiger partial charge in [-0.05, 0) is 31.2 Å². The zero-order valence-electron chi connectivity index (χ0n) is 14.1. The first-order valence-electron chi connectivity index (χ1n) is 8.24. The van der Waals surface area contributed by atoms with Crippen molar-refractivity contribution in [3.05, 3.63) is 63.8 Å². The van der Waals surface area contributed by atoms with Gasteiger partial charge < -0.3 is 4.90 Å². The second-order valence-corrected chi connectivity index (χ2v) is 8.23. The van der Waals surface area contributed by atoms with Gasteiger partial charge in [-0.3, -0.25) is 9.36 Å². The van der Waals surface area contributed by atoms with Gasteiger partial charge >= 0.3 is 0 Å². The number of para-hydroxylation sites is 1. The van der Waals surface area contributed by atoms with Gasteiger partial charge in [0.1, 0.15) is 4.70 Å². The lowest BCUT2D eigenvalue weighted by atomic mass is 10.1. The fourth-order valence-electron chi connectivity index (χ4n) is 3.15. The van der Waals surface area contributed by atoms with Crippen LogP contribution in [-0.4, -0.2) is 33.8 Å². The first-order chi connectivity index (χ1) is 12.2. The molecule has 25 heavy (non-hydrogen) atoms. The number of fused-ring (bicyclic) bond motifs is 3. The molecular formula is C19H19N3OS2. The third-order valence-corrected chi connectivity index (χ3v) is 6.49. The topological polar surface area (TPSA) is 38.1 Å². The smallest absolute Gasteiger partial charge is 0.276 e. The number of hydrogen-bond donors (Lipinski definition) is 0. The third-order valence-electron chi connectivity index (χ3n) is 4.36. The lowest BCUT2D eigenvalue weighted by Crippen LogP contribution is -2.25. The molecular weight excluding hydrogens is 350 g/mol. The first-order valence-corrected chi connectivity index (χ1v) is 10.0. The molecule has 0 radical (unpaired) electrons. The van der Waals surface area contributed by atoms with Crippen molar-refractivity contribution in [3.8, 4) is 5.69 Å². The Kier molecular flexibility index (Phi) is 4.50. The maximum atomic E-state index is 13.3. The number of benzene rings is 1. The molecule has 0 amide bonds. The number of nitrogens with zero attached hydrogens (tertiary/aromatic N) is 3. The molecule has 0 saturated carbocycles. The molecule has 0 aliphatic carbocycles. The quantitative estimate of drug-likeness (QED) is 0.399. The van der Waals surface area contributed by atoms with Gasteiger partial charge in [0.25, 0.3) is 5.56 Å². The highest BCUT2D eigenvalue weighted by Crippen LogP contribution is 2.33. The van der Waals surface area contributed by atoms with E-state index in [0.717, 1.165) is 46.3 Å². The SMILES string of the molecule is C=CCSc1nc2c3c(sc2c(=O)n1-c1ccccc1)CN(C)CC3. The van der Waals surface area contributed by atoms with Gasteiger partial charge in [0, 0.05) is 23.7 Å². The van der Waals surface area contributed by atoms with Crippen LogP contribution in [0.3, 0.4) is 0 Å². The van der Waals surface area contributed by atoms with Crippen LogP contribution in [0.4, 0.5) is 0 Å². The van der Waals surface area contributed by atoms with Crippen LogP contribution in [0, 0.1) is 0 Å². The maximum absolute atomic E-state index is 13.3. The van der Waals surface area contributed by atoms with Crippen molar-refractivity contribution in [2.24, 2.45) is 0 Å². The molecule has 6 heteroatoms. The highest BCUT2D eigenvalue weighted by molar-refractivity contribution is 7.99. The van der Waals surface area contributed by atoms with E-state index in [-0.39, 0.29) is 5.56 Å². The fourth-order valence-corrected chi connectivity index (χ4v) is 5.18. The monoisotopic (exact) mass is 369 g/mol. The van der Waals surface area contributed by atoms with E-state index in [0.29, 0.717) is 0 Å². The normalized spacial score (nSPS) is 14.6. The number of hydrogen-bond acceptors (Lipinski definition) is 5. The molecule has 128 valence electrons. The molecule has 0 fully saturated rings. The van der Waals surface area contributed by atoms with Gasteiger partial charge in [0.05, 0.1) is 11.2 Å². The number of rotatable bonds is 4. The van der Waals surface area contributed by atoms with Crippen molar-refractivity contribution in [2.75, 3.05) is 19.3 Å². The Morgan fingerprint density at radius 3 is 2.92 bits per heavy atom. The second kappa shape index (κ2) is 6.78. The Morgan fingerprint density at radius 1 is 1.36 bits per heavy atom. The highest BCUT2D eigenvalue weighted by Gasteiger charge is 2.23. The summed E-state index contributed by atoms with van der Waals surface area (Å²) in [5, 5.41) is 0.739. The van der Waals surface area contributed by atoms with Crippen molar-refractivity contribution in [1.29, 1.82) is 0 Å². The molecule has 0 bridgehead atoms. The van der Waals surface area contributed by atoms with Crippen molar-refractivity contribution >= 4 is 33.3 Å². The lowest BCUT2D eigenvalue weighted by Gasteiger charge is -2.21. The van der Waals surface area contributed by atoms with Crippen molar-refractivity contribution in [3.63, 3.8) is 0 Å². The molecule has 3 heterocycles. The molecule has 2 aromatic heterocycles. The van der Waals surface area contributed by atoms with Crippen molar-refractivity contribution in [2.45, 2.75) is 18.1 Å². The first kappa shape index (κ1) is 16.6. The molecule has 0 atom stereocenters. The highest BCUT2D eigenvalue weighted by atomic mass is 32.2. The lowest BCUT2D eigenvalue weighted by molar-refractivity contribution is 0.317. The van der Waals surface area contributed by atoms with Crippen LogP contribution in [0.5, 0.6) is 0 Å². The molecule has 4 nitrogen and oxygen atoms in total. The maximum Gasteiger partial charge on any atom is 0.276 e. The van der Waals surface area contributed by atoms with Gasteiger partial charge in [-0.1, -0.05) is 36.0 Å². The van der Waals surface area contributed by atoms with Crippen molar-refractivity contribution in [1.82, 2.24) is 14.5 Å². The molecule has 0 unspecified atom stereocenters. The molecule has 3 aromatic rings. The summed E-state index contributed by atoms with van der Waals surface area (Å²) in [5.74, 6) is 0.722. The van der Waals surface area contributed by atoms with Crippen LogP contribution in [-0.2, 0) is 13.0 Å². The second-order valence-electron chi connectivity index (χ2n) is 6.14. The van der Waals surface area contributed by atoms with Gasteiger partial charge in [-0.25, -0.2) is 4.98 Å². The molecule has 0 spiro atoms. The number of likely N-dealkylation sites (N-methyl/N-ethyl adjacent to an activating group) is 1. The van der Waals surface area contributed by atoms with Gasteiger partial charge in [-0.15, -0.1) is 17.9 Å². The zero-order chi connectivity index (χ0) is 17.4. The molecule has 1 aliphatic heterocycles. The van der Waals surface area contributed by atoms with Crippen LogP contribution >= 0.6 is 23.1 Å². The van der Waals surface area contributed by atoms with Crippen LogP contribution < -0.4 is 5.56 Å². The predicted octanol–water partition coefficient (Wildman–Crippen LogP) is 3.71. The fraction of sp³-hybridized carbons (Fsp3) is 0.263. The largest absolute Gasteiger partial charge is 0.301 e. The predicted molar refractivity (Wildman–Crippen MR) is 106 cm³/mol. The van der Waals surface area contributed by atoms with Crippen LogP contribution in [0.15, 0.2) is 52.9 Å². The summed E-state index contributed by atoms with van der Waals surface area (Å²) in [6, 6.07) is 9.75. The number of aromatic nitrogens is 2. The molecule has 4 rings (SSSR count). The van der Waals surface area contributed by atoms with E-state index in [1.54, 1.807) is 27.7 Å². The molecule has 1 aromatic carbocycles. The van der Waals surface area contributed by atoms with Gasteiger partial charge in [-0.2, -0.15) is 0 Å². The van der Waals surface area contributed by atoms with E-state index in [1.165, 1.54) is 10.4 Å². The Morgan fingerprint density at radius 2 is 2.16 bits per heavy atom. The Bertz CT molecular complexity index is 991. The van der Waals surface area contributed by atoms with E-state index in [1.807, 2.05) is 36.4 Å². The number of thioether (sulfide) groups is 1. The van der Waals surface area contributed by atoms with E-state index in [2.05, 4.69) is 18.5 Å². The summed E-state index contributed by atoms with van der Waals surface area (Å²) in [7, 11) is 2.12. The van der Waals surface area contributed by atoms with Crippen LogP contribution in [0.1, 0.15) is 10.4 Å². The summed E-state index contributed by atoms with van der Waals surface area (Å²) in [5.41, 5.74) is 3.05. The van der Waals surface area contributed by atoms with Gasteiger partial charge in [0.2, 0.25) is 0 Å². The van der Waals surface area contributed by atoms with Crippen molar-refractivity contribution < 1.29 is 0 Å².